The summed E-state index contributed by atoms with van der Waals surface area (Å²) in [6.07, 6.45) is 0.464. The van der Waals surface area contributed by atoms with Crippen LogP contribution in [0.5, 0.6) is 0 Å². The van der Waals surface area contributed by atoms with E-state index in [9.17, 15) is 9.59 Å². The van der Waals surface area contributed by atoms with Crippen LogP contribution in [0.2, 0.25) is 0 Å². The number of nitrogens with one attached hydrogen (secondary N) is 1. The third-order valence-electron chi connectivity index (χ3n) is 4.55. The zero-order chi connectivity index (χ0) is 18.0. The Kier molecular flexibility index (Phi) is 4.74. The zero-order valence-electron chi connectivity index (χ0n) is 14.8. The van der Waals surface area contributed by atoms with E-state index < -0.39 is 0 Å². The second-order valence-electron chi connectivity index (χ2n) is 6.40. The van der Waals surface area contributed by atoms with Gasteiger partial charge in [-0.05, 0) is 55.2 Å². The molecule has 0 bridgehead atoms. The van der Waals surface area contributed by atoms with Gasteiger partial charge in [0.25, 0.3) is 5.91 Å². The quantitative estimate of drug-likeness (QED) is 0.909. The van der Waals surface area contributed by atoms with Crippen molar-refractivity contribution >= 4 is 17.7 Å². The van der Waals surface area contributed by atoms with Gasteiger partial charge in [0, 0.05) is 24.3 Å². The number of carbonyl (C=O) groups is 2. The van der Waals surface area contributed by atoms with Gasteiger partial charge in [-0.1, -0.05) is 23.8 Å². The minimum Gasteiger partial charge on any atom is -0.453 e. The highest BCUT2D eigenvalue weighted by molar-refractivity contribution is 6.05. The molecule has 130 valence electrons. The lowest BCUT2D eigenvalue weighted by Crippen LogP contribution is -2.35. The first-order chi connectivity index (χ1) is 12.0. The van der Waals surface area contributed by atoms with Gasteiger partial charge in [0.05, 0.1) is 7.11 Å². The summed E-state index contributed by atoms with van der Waals surface area (Å²) in [6.45, 7) is 5.04. The first kappa shape index (κ1) is 17.0. The smallest absolute Gasteiger partial charge is 0.409 e. The summed E-state index contributed by atoms with van der Waals surface area (Å²) in [5.74, 6) is -0.123. The summed E-state index contributed by atoms with van der Waals surface area (Å²) >= 11 is 0. The van der Waals surface area contributed by atoms with Crippen LogP contribution >= 0.6 is 0 Å². The van der Waals surface area contributed by atoms with Gasteiger partial charge in [-0.15, -0.1) is 0 Å². The van der Waals surface area contributed by atoms with E-state index >= 15 is 0 Å². The molecular formula is C20H22N2O3. The van der Waals surface area contributed by atoms with E-state index in [0.29, 0.717) is 18.7 Å². The molecule has 25 heavy (non-hydrogen) atoms. The van der Waals surface area contributed by atoms with Crippen LogP contribution < -0.4 is 5.32 Å². The molecule has 0 spiro atoms. The van der Waals surface area contributed by atoms with Crippen LogP contribution in [0.3, 0.4) is 0 Å². The molecule has 0 aliphatic carbocycles. The molecule has 0 saturated carbocycles. The Balaban J connectivity index is 1.79. The Morgan fingerprint density at radius 3 is 2.64 bits per heavy atom. The van der Waals surface area contributed by atoms with Crippen LogP contribution in [0.1, 0.15) is 32.6 Å². The van der Waals surface area contributed by atoms with Crippen molar-refractivity contribution in [3.8, 4) is 0 Å². The molecule has 1 aliphatic rings. The highest BCUT2D eigenvalue weighted by Gasteiger charge is 2.21. The topological polar surface area (TPSA) is 58.6 Å². The van der Waals surface area contributed by atoms with Crippen molar-refractivity contribution in [2.45, 2.75) is 26.8 Å². The average molecular weight is 338 g/mol. The molecule has 0 fully saturated rings. The van der Waals surface area contributed by atoms with Gasteiger partial charge in [0.2, 0.25) is 0 Å². The molecule has 5 heteroatoms. The number of amides is 2. The van der Waals surface area contributed by atoms with Crippen LogP contribution in [0, 0.1) is 13.8 Å². The van der Waals surface area contributed by atoms with Crippen molar-refractivity contribution in [1.29, 1.82) is 0 Å². The number of fused-ring (bicyclic) bond motifs is 1. The number of hydrogen-bond acceptors (Lipinski definition) is 3. The minimum absolute atomic E-state index is 0.123. The van der Waals surface area contributed by atoms with Crippen molar-refractivity contribution in [2.75, 3.05) is 19.0 Å². The molecule has 0 radical (unpaired) electrons. The number of aryl methyl sites for hydroxylation is 2. The van der Waals surface area contributed by atoms with Gasteiger partial charge in [0.1, 0.15) is 0 Å². The van der Waals surface area contributed by atoms with E-state index in [1.54, 1.807) is 4.90 Å². The highest BCUT2D eigenvalue weighted by atomic mass is 16.5. The van der Waals surface area contributed by atoms with Crippen LogP contribution in [-0.2, 0) is 17.7 Å². The van der Waals surface area contributed by atoms with Crippen LogP contribution in [0.15, 0.2) is 36.4 Å². The Labute approximate surface area is 147 Å². The predicted molar refractivity (Wildman–Crippen MR) is 96.8 cm³/mol. The van der Waals surface area contributed by atoms with Crippen LogP contribution in [-0.4, -0.2) is 30.6 Å². The Bertz CT molecular complexity index is 830. The first-order valence-corrected chi connectivity index (χ1v) is 8.31. The number of nitrogens with zero attached hydrogens (tertiary/aromatic N) is 1. The zero-order valence-corrected chi connectivity index (χ0v) is 14.8. The molecule has 5 nitrogen and oxygen atoms in total. The van der Waals surface area contributed by atoms with Crippen molar-refractivity contribution in [1.82, 2.24) is 4.90 Å². The highest BCUT2D eigenvalue weighted by Crippen LogP contribution is 2.24. The van der Waals surface area contributed by atoms with Gasteiger partial charge in [0.15, 0.2) is 0 Å². The minimum atomic E-state index is -0.324. The SMILES string of the molecule is COC(=O)N1CCc2ccc(NC(=O)c3cc(C)ccc3C)cc2C1. The van der Waals surface area contributed by atoms with Crippen LogP contribution in [0.25, 0.3) is 0 Å². The Morgan fingerprint density at radius 2 is 1.88 bits per heavy atom. The largest absolute Gasteiger partial charge is 0.453 e. The molecule has 0 aromatic heterocycles. The molecular weight excluding hydrogens is 316 g/mol. The summed E-state index contributed by atoms with van der Waals surface area (Å²) in [5.41, 5.74) is 5.64. The number of ether oxygens (including phenoxy) is 1. The summed E-state index contributed by atoms with van der Waals surface area (Å²) in [5, 5.41) is 2.96. The van der Waals surface area contributed by atoms with E-state index in [4.69, 9.17) is 4.74 Å². The third-order valence-corrected chi connectivity index (χ3v) is 4.55. The average Bonchev–Trinajstić information content (AvgIpc) is 2.62. The van der Waals surface area contributed by atoms with E-state index in [1.165, 1.54) is 12.7 Å². The molecule has 0 atom stereocenters. The van der Waals surface area contributed by atoms with Crippen molar-refractivity contribution in [3.63, 3.8) is 0 Å². The van der Waals surface area contributed by atoms with Gasteiger partial charge >= 0.3 is 6.09 Å². The number of anilines is 1. The Morgan fingerprint density at radius 1 is 1.08 bits per heavy atom. The number of carbonyl (C=O) groups excluding carboxylic acids is 2. The standard InChI is InChI=1S/C20H22N2O3/c1-13-4-5-14(2)18(10-13)19(23)21-17-7-6-15-8-9-22(20(24)25-3)12-16(15)11-17/h4-7,10-11H,8-9,12H2,1-3H3,(H,21,23). The molecule has 1 heterocycles. The van der Waals surface area contributed by atoms with Crippen molar-refractivity contribution < 1.29 is 14.3 Å². The lowest BCUT2D eigenvalue weighted by molar-refractivity contribution is 0.102. The van der Waals surface area contributed by atoms with E-state index in [2.05, 4.69) is 5.32 Å². The predicted octanol–water partition coefficient (Wildman–Crippen LogP) is 3.68. The van der Waals surface area contributed by atoms with Gasteiger partial charge in [-0.25, -0.2) is 4.79 Å². The fourth-order valence-electron chi connectivity index (χ4n) is 3.10. The second kappa shape index (κ2) is 6.97. The number of hydrogen-bond donors (Lipinski definition) is 1. The molecule has 3 rings (SSSR count). The second-order valence-corrected chi connectivity index (χ2v) is 6.40. The maximum absolute atomic E-state index is 12.6. The lowest BCUT2D eigenvalue weighted by atomic mass is 9.99. The van der Waals surface area contributed by atoms with Crippen LogP contribution in [0.4, 0.5) is 10.5 Å². The van der Waals surface area contributed by atoms with Gasteiger partial charge in [-0.3, -0.25) is 4.79 Å². The summed E-state index contributed by atoms with van der Waals surface area (Å²) < 4.78 is 4.80. The maximum atomic E-state index is 12.6. The number of methoxy groups -OCH3 is 1. The number of benzene rings is 2. The molecule has 2 aromatic carbocycles. The van der Waals surface area contributed by atoms with E-state index in [-0.39, 0.29) is 12.0 Å². The summed E-state index contributed by atoms with van der Waals surface area (Å²) in [7, 11) is 1.39. The first-order valence-electron chi connectivity index (χ1n) is 8.31. The molecule has 2 amide bonds. The van der Waals surface area contributed by atoms with E-state index in [1.807, 2.05) is 50.2 Å². The van der Waals surface area contributed by atoms with Gasteiger partial charge < -0.3 is 15.0 Å². The molecule has 2 aromatic rings. The number of rotatable bonds is 2. The lowest BCUT2D eigenvalue weighted by Gasteiger charge is -2.28. The normalized spacial score (nSPS) is 13.2. The van der Waals surface area contributed by atoms with Gasteiger partial charge in [-0.2, -0.15) is 0 Å². The fourth-order valence-corrected chi connectivity index (χ4v) is 3.10. The van der Waals surface area contributed by atoms with Crippen molar-refractivity contribution in [2.24, 2.45) is 0 Å². The molecule has 1 aliphatic heterocycles. The molecule has 1 N–H and O–H groups in total. The van der Waals surface area contributed by atoms with E-state index in [0.717, 1.165) is 28.8 Å². The third kappa shape index (κ3) is 3.65. The monoisotopic (exact) mass is 338 g/mol. The molecule has 0 unspecified atom stereocenters. The summed E-state index contributed by atoms with van der Waals surface area (Å²) in [6, 6.07) is 11.7. The summed E-state index contributed by atoms with van der Waals surface area (Å²) in [4.78, 5) is 26.0. The van der Waals surface area contributed by atoms with Crippen molar-refractivity contribution in [3.05, 3.63) is 64.2 Å². The fraction of sp³-hybridized carbons (Fsp3) is 0.300. The Hall–Kier alpha value is -2.82. The molecule has 0 saturated heterocycles. The maximum Gasteiger partial charge on any atom is 0.409 e.